The van der Waals surface area contributed by atoms with E-state index in [9.17, 15) is 8.78 Å². The van der Waals surface area contributed by atoms with Crippen molar-refractivity contribution < 1.29 is 8.78 Å². The summed E-state index contributed by atoms with van der Waals surface area (Å²) in [5.41, 5.74) is -0.442. The lowest BCUT2D eigenvalue weighted by atomic mass is 10.4. The van der Waals surface area contributed by atoms with Gasteiger partial charge < -0.3 is 0 Å². The summed E-state index contributed by atoms with van der Waals surface area (Å²) < 4.78 is 25.2. The summed E-state index contributed by atoms with van der Waals surface area (Å²) >= 11 is 7.76. The van der Waals surface area contributed by atoms with Crippen LogP contribution in [0.25, 0.3) is 0 Å². The molecule has 0 amide bonds. The van der Waals surface area contributed by atoms with Gasteiger partial charge in [-0.1, -0.05) is 0 Å². The third kappa shape index (κ3) is 2.38. The molecule has 60 valence electrons. The van der Waals surface area contributed by atoms with Gasteiger partial charge in [-0.05, 0) is 39.7 Å². The predicted molar refractivity (Wildman–Crippen MR) is 41.7 cm³/mol. The summed E-state index contributed by atoms with van der Waals surface area (Å²) in [4.78, 5) is 3.42. The average molecular weight is 242 g/mol. The van der Waals surface area contributed by atoms with Gasteiger partial charge in [-0.2, -0.15) is 8.78 Å². The fraction of sp³-hybridized carbons (Fsp3) is 0.167. The van der Waals surface area contributed by atoms with E-state index in [0.717, 1.165) is 6.07 Å². The van der Waals surface area contributed by atoms with E-state index in [1.165, 1.54) is 12.3 Å². The molecule has 0 unspecified atom stereocenters. The van der Waals surface area contributed by atoms with E-state index in [0.29, 0.717) is 4.47 Å². The van der Waals surface area contributed by atoms with E-state index in [1.807, 2.05) is 0 Å². The first-order valence-corrected chi connectivity index (χ1v) is 3.86. The molecule has 0 N–H and O–H groups in total. The van der Waals surface area contributed by atoms with Gasteiger partial charge in [0.1, 0.15) is 5.69 Å². The Labute approximate surface area is 75.5 Å². The summed E-state index contributed by atoms with van der Waals surface area (Å²) in [5.74, 6) is 0. The summed E-state index contributed by atoms with van der Waals surface area (Å²) in [6, 6.07) is 2.62. The SMILES string of the molecule is FC(F)(Cl)c1ccc(Br)cn1. The van der Waals surface area contributed by atoms with Crippen LogP contribution in [0, 0.1) is 0 Å². The monoisotopic (exact) mass is 241 g/mol. The predicted octanol–water partition coefficient (Wildman–Crippen LogP) is 3.13. The first-order chi connectivity index (χ1) is 5.00. The number of pyridine rings is 1. The Morgan fingerprint density at radius 1 is 1.45 bits per heavy atom. The van der Waals surface area contributed by atoms with Crippen molar-refractivity contribution in [2.24, 2.45) is 0 Å². The summed E-state index contributed by atoms with van der Waals surface area (Å²) in [5, 5.41) is -3.37. The molecule has 1 heterocycles. The van der Waals surface area contributed by atoms with Gasteiger partial charge in [-0.15, -0.1) is 0 Å². The van der Waals surface area contributed by atoms with Crippen molar-refractivity contribution in [3.8, 4) is 0 Å². The van der Waals surface area contributed by atoms with E-state index >= 15 is 0 Å². The van der Waals surface area contributed by atoms with E-state index < -0.39 is 11.1 Å². The molecule has 0 aliphatic rings. The third-order valence-corrected chi connectivity index (χ3v) is 1.68. The van der Waals surface area contributed by atoms with Crippen molar-refractivity contribution in [3.05, 3.63) is 28.5 Å². The molecule has 1 rings (SSSR count). The summed E-state index contributed by atoms with van der Waals surface area (Å²) in [6.07, 6.45) is 1.27. The highest BCUT2D eigenvalue weighted by molar-refractivity contribution is 9.10. The summed E-state index contributed by atoms with van der Waals surface area (Å²) in [6.45, 7) is 0. The van der Waals surface area contributed by atoms with Crippen LogP contribution in [-0.2, 0) is 5.38 Å². The van der Waals surface area contributed by atoms with Crippen LogP contribution in [0.15, 0.2) is 22.8 Å². The van der Waals surface area contributed by atoms with Crippen LogP contribution in [0.1, 0.15) is 5.69 Å². The lowest BCUT2D eigenvalue weighted by molar-refractivity contribution is 0.0900. The molecule has 0 bridgehead atoms. The molecule has 0 saturated heterocycles. The van der Waals surface area contributed by atoms with Crippen molar-refractivity contribution in [3.63, 3.8) is 0 Å². The molecule has 1 nitrogen and oxygen atoms in total. The number of aromatic nitrogens is 1. The first kappa shape index (κ1) is 8.87. The zero-order valence-corrected chi connectivity index (χ0v) is 7.53. The molecule has 0 saturated carbocycles. The Morgan fingerprint density at radius 3 is 2.45 bits per heavy atom. The smallest absolute Gasteiger partial charge is 0.252 e. The number of alkyl halides is 3. The lowest BCUT2D eigenvalue weighted by Crippen LogP contribution is -2.05. The van der Waals surface area contributed by atoms with Gasteiger partial charge >= 0.3 is 5.38 Å². The molecule has 0 aliphatic carbocycles. The normalized spacial score (nSPS) is 11.6. The number of nitrogens with zero attached hydrogens (tertiary/aromatic N) is 1. The molecule has 11 heavy (non-hydrogen) atoms. The van der Waals surface area contributed by atoms with Crippen LogP contribution in [0.5, 0.6) is 0 Å². The van der Waals surface area contributed by atoms with E-state index in [1.54, 1.807) is 0 Å². The molecular weight excluding hydrogens is 239 g/mol. The Hall–Kier alpha value is -0.220. The Bertz CT molecular complexity index is 244. The minimum atomic E-state index is -3.37. The number of rotatable bonds is 1. The molecule has 1 aromatic rings. The van der Waals surface area contributed by atoms with E-state index in [-0.39, 0.29) is 0 Å². The molecule has 0 spiro atoms. The maximum Gasteiger partial charge on any atom is 0.364 e. The minimum Gasteiger partial charge on any atom is -0.252 e. The second kappa shape index (κ2) is 3.03. The van der Waals surface area contributed by atoms with Crippen molar-refractivity contribution in [1.29, 1.82) is 0 Å². The molecule has 1 aromatic heterocycles. The highest BCUT2D eigenvalue weighted by Crippen LogP contribution is 2.30. The zero-order valence-electron chi connectivity index (χ0n) is 5.19. The van der Waals surface area contributed by atoms with Crippen molar-refractivity contribution in [2.45, 2.75) is 5.38 Å². The average Bonchev–Trinajstić information content (AvgIpc) is 1.86. The second-order valence-electron chi connectivity index (χ2n) is 1.86. The number of halogens is 4. The maximum atomic E-state index is 12.3. The van der Waals surface area contributed by atoms with Gasteiger partial charge in [0.2, 0.25) is 0 Å². The van der Waals surface area contributed by atoms with Crippen molar-refractivity contribution in [2.75, 3.05) is 0 Å². The topological polar surface area (TPSA) is 12.9 Å². The number of hydrogen-bond acceptors (Lipinski definition) is 1. The highest BCUT2D eigenvalue weighted by Gasteiger charge is 2.28. The quantitative estimate of drug-likeness (QED) is 0.690. The van der Waals surface area contributed by atoms with Gasteiger partial charge in [-0.3, -0.25) is 4.98 Å². The standard InChI is InChI=1S/C6H3BrClF2N/c7-4-1-2-5(11-3-4)6(8,9)10/h1-3H. The van der Waals surface area contributed by atoms with Crippen LogP contribution in [0.4, 0.5) is 8.78 Å². The molecule has 0 fully saturated rings. The van der Waals surface area contributed by atoms with Gasteiger partial charge in [0, 0.05) is 10.7 Å². The van der Waals surface area contributed by atoms with Crippen molar-refractivity contribution >= 4 is 27.5 Å². The molecule has 0 radical (unpaired) electrons. The molecule has 0 aromatic carbocycles. The van der Waals surface area contributed by atoms with Gasteiger partial charge in [0.15, 0.2) is 0 Å². The van der Waals surface area contributed by atoms with E-state index in [4.69, 9.17) is 11.6 Å². The van der Waals surface area contributed by atoms with Crippen LogP contribution in [0.3, 0.4) is 0 Å². The van der Waals surface area contributed by atoms with E-state index in [2.05, 4.69) is 20.9 Å². The minimum absolute atomic E-state index is 0.442. The Morgan fingerprint density at radius 2 is 2.09 bits per heavy atom. The molecule has 5 heteroatoms. The third-order valence-electron chi connectivity index (χ3n) is 1.02. The lowest BCUT2D eigenvalue weighted by Gasteiger charge is -2.05. The maximum absolute atomic E-state index is 12.3. The van der Waals surface area contributed by atoms with Gasteiger partial charge in [0.05, 0.1) is 0 Å². The molecule has 0 atom stereocenters. The highest BCUT2D eigenvalue weighted by atomic mass is 79.9. The fourth-order valence-electron chi connectivity index (χ4n) is 0.544. The largest absolute Gasteiger partial charge is 0.364 e. The van der Waals surface area contributed by atoms with Crippen LogP contribution >= 0.6 is 27.5 Å². The summed E-state index contributed by atoms with van der Waals surface area (Å²) in [7, 11) is 0. The van der Waals surface area contributed by atoms with Crippen LogP contribution in [-0.4, -0.2) is 4.98 Å². The van der Waals surface area contributed by atoms with Crippen LogP contribution < -0.4 is 0 Å². The Kier molecular flexibility index (Phi) is 2.44. The number of hydrogen-bond donors (Lipinski definition) is 0. The van der Waals surface area contributed by atoms with Gasteiger partial charge in [0.25, 0.3) is 0 Å². The molecular formula is C6H3BrClF2N. The Balaban J connectivity index is 2.99. The molecule has 0 aliphatic heterocycles. The zero-order chi connectivity index (χ0) is 8.48. The second-order valence-corrected chi connectivity index (χ2v) is 3.25. The van der Waals surface area contributed by atoms with Gasteiger partial charge in [-0.25, -0.2) is 0 Å². The van der Waals surface area contributed by atoms with Crippen LogP contribution in [0.2, 0.25) is 0 Å². The first-order valence-electron chi connectivity index (χ1n) is 2.69. The fourth-order valence-corrected chi connectivity index (χ4v) is 0.890. The van der Waals surface area contributed by atoms with Crippen molar-refractivity contribution in [1.82, 2.24) is 4.98 Å².